The summed E-state index contributed by atoms with van der Waals surface area (Å²) in [5.74, 6) is 0.0983. The Labute approximate surface area is 219 Å². The van der Waals surface area contributed by atoms with Gasteiger partial charge >= 0.3 is 0 Å². The van der Waals surface area contributed by atoms with Crippen LogP contribution in [0, 0.1) is 0 Å². The first-order valence-corrected chi connectivity index (χ1v) is 12.7. The van der Waals surface area contributed by atoms with Gasteiger partial charge in [-0.05, 0) is 66.2 Å². The number of fused-ring (bicyclic) bond motifs is 2. The Morgan fingerprint density at radius 2 is 1.87 bits per heavy atom. The molecule has 6 rings (SSSR count). The lowest BCUT2D eigenvalue weighted by Crippen LogP contribution is -2.46. The molecule has 9 heteroatoms. The number of piperazine rings is 1. The number of amides is 1. The van der Waals surface area contributed by atoms with Crippen molar-refractivity contribution >= 4 is 35.4 Å². The number of hydrogen-bond donors (Lipinski definition) is 3. The maximum Gasteiger partial charge on any atom is 0.254 e. The second-order valence-electron chi connectivity index (χ2n) is 9.77. The van der Waals surface area contributed by atoms with Crippen molar-refractivity contribution < 1.29 is 14.7 Å². The van der Waals surface area contributed by atoms with Crippen molar-refractivity contribution in [2.75, 3.05) is 33.2 Å². The summed E-state index contributed by atoms with van der Waals surface area (Å²) in [6.45, 7) is 3.50. The summed E-state index contributed by atoms with van der Waals surface area (Å²) < 4.78 is 0. The lowest BCUT2D eigenvalue weighted by atomic mass is 10.0. The van der Waals surface area contributed by atoms with Gasteiger partial charge in [0.05, 0.1) is 28.4 Å². The Balaban J connectivity index is 1.41. The van der Waals surface area contributed by atoms with Gasteiger partial charge in [-0.1, -0.05) is 18.2 Å². The minimum Gasteiger partial charge on any atom is -0.508 e. The van der Waals surface area contributed by atoms with Crippen LogP contribution in [0.5, 0.6) is 5.75 Å². The number of aldehydes is 1. The van der Waals surface area contributed by atoms with Crippen LogP contribution in [0.25, 0.3) is 34.4 Å². The van der Waals surface area contributed by atoms with Crippen molar-refractivity contribution in [1.82, 2.24) is 30.3 Å². The van der Waals surface area contributed by atoms with Gasteiger partial charge in [0, 0.05) is 38.3 Å². The summed E-state index contributed by atoms with van der Waals surface area (Å²) in [5.41, 5.74) is 6.20. The molecule has 9 nitrogen and oxygen atoms in total. The zero-order valence-electron chi connectivity index (χ0n) is 21.0. The highest BCUT2D eigenvalue weighted by molar-refractivity contribution is 6.09. The number of benzene rings is 2. The highest BCUT2D eigenvalue weighted by Gasteiger charge is 2.27. The molecule has 1 amide bonds. The zero-order chi connectivity index (χ0) is 26.2. The molecule has 2 aliphatic rings. The number of carbonyl (C=O) groups excluding carboxylic acids is 2. The SMILES string of the molecule is CN1Cc2ccc(C=Cc3[nH]nc4nc(-c5ccc(O)cc5)cc(C(=O)N5CCNCC5)c34)cc2C1C=O. The lowest BCUT2D eigenvalue weighted by molar-refractivity contribution is -0.111. The van der Waals surface area contributed by atoms with E-state index in [0.717, 1.165) is 48.2 Å². The van der Waals surface area contributed by atoms with Gasteiger partial charge in [-0.15, -0.1) is 0 Å². The van der Waals surface area contributed by atoms with Crippen molar-refractivity contribution in [2.45, 2.75) is 12.6 Å². The molecule has 3 N–H and O–H groups in total. The number of aromatic hydroxyl groups is 1. The highest BCUT2D eigenvalue weighted by Crippen LogP contribution is 2.33. The van der Waals surface area contributed by atoms with Gasteiger partial charge in [0.1, 0.15) is 12.0 Å². The minimum absolute atomic E-state index is 0.0654. The molecule has 1 atom stereocenters. The number of hydrogen-bond acceptors (Lipinski definition) is 7. The van der Waals surface area contributed by atoms with E-state index in [-0.39, 0.29) is 17.7 Å². The van der Waals surface area contributed by atoms with Crippen molar-refractivity contribution in [3.63, 3.8) is 0 Å². The monoisotopic (exact) mass is 508 g/mol. The molecule has 0 radical (unpaired) electrons. The number of phenols is 1. The van der Waals surface area contributed by atoms with Crippen LogP contribution in [-0.2, 0) is 11.3 Å². The van der Waals surface area contributed by atoms with Crippen LogP contribution in [0.1, 0.15) is 38.8 Å². The lowest BCUT2D eigenvalue weighted by Gasteiger charge is -2.27. The topological polar surface area (TPSA) is 114 Å². The van der Waals surface area contributed by atoms with E-state index in [9.17, 15) is 14.7 Å². The van der Waals surface area contributed by atoms with Gasteiger partial charge in [0.15, 0.2) is 5.65 Å². The van der Waals surface area contributed by atoms with Gasteiger partial charge in [-0.2, -0.15) is 5.10 Å². The minimum atomic E-state index is -0.239. The van der Waals surface area contributed by atoms with Crippen LogP contribution in [0.2, 0.25) is 0 Å². The first-order chi connectivity index (χ1) is 18.5. The predicted octanol–water partition coefficient (Wildman–Crippen LogP) is 3.23. The predicted molar refractivity (Wildman–Crippen MR) is 145 cm³/mol. The smallest absolute Gasteiger partial charge is 0.254 e. The Bertz CT molecular complexity index is 1550. The third-order valence-corrected chi connectivity index (χ3v) is 7.30. The van der Waals surface area contributed by atoms with Crippen molar-refractivity contribution in [1.29, 1.82) is 0 Å². The number of H-pyrrole nitrogens is 1. The van der Waals surface area contributed by atoms with E-state index in [4.69, 9.17) is 4.98 Å². The molecule has 1 fully saturated rings. The molecule has 0 spiro atoms. The number of aromatic amines is 1. The van der Waals surface area contributed by atoms with E-state index in [1.54, 1.807) is 24.3 Å². The third kappa shape index (κ3) is 4.36. The summed E-state index contributed by atoms with van der Waals surface area (Å²) >= 11 is 0. The summed E-state index contributed by atoms with van der Waals surface area (Å²) in [7, 11) is 1.95. The molecule has 1 saturated heterocycles. The largest absolute Gasteiger partial charge is 0.508 e. The number of phenolic OH excluding ortho intramolecular Hbond substituents is 1. The Kier molecular flexibility index (Phi) is 6.22. The van der Waals surface area contributed by atoms with E-state index < -0.39 is 0 Å². The summed E-state index contributed by atoms with van der Waals surface area (Å²) in [6.07, 6.45) is 4.84. The highest BCUT2D eigenvalue weighted by atomic mass is 16.3. The van der Waals surface area contributed by atoms with Crippen LogP contribution in [0.3, 0.4) is 0 Å². The number of aromatic nitrogens is 3. The van der Waals surface area contributed by atoms with Crippen molar-refractivity contribution in [3.05, 3.63) is 76.5 Å². The molecule has 192 valence electrons. The quantitative estimate of drug-likeness (QED) is 0.355. The van der Waals surface area contributed by atoms with Crippen LogP contribution in [0.4, 0.5) is 0 Å². The maximum absolute atomic E-state index is 13.7. The normalized spacial score (nSPS) is 17.8. The van der Waals surface area contributed by atoms with Gasteiger partial charge in [0.25, 0.3) is 5.91 Å². The molecule has 1 unspecified atom stereocenters. The molecule has 2 aliphatic heterocycles. The van der Waals surface area contributed by atoms with E-state index in [0.29, 0.717) is 41.1 Å². The standard InChI is InChI=1S/C29H28N6O3/c1-34-16-20-4-2-18(14-22(20)26(34)17-36)3-9-24-27-23(29(38)35-12-10-30-11-13-35)15-25(31-28(27)33-32-24)19-5-7-21(37)8-6-19/h2-9,14-15,17,26,30,37H,10-13,16H2,1H3,(H,31,32,33). The Hall–Kier alpha value is -4.34. The molecule has 4 aromatic rings. The zero-order valence-corrected chi connectivity index (χ0v) is 21.0. The van der Waals surface area contributed by atoms with Gasteiger partial charge in [0.2, 0.25) is 0 Å². The maximum atomic E-state index is 13.7. The number of nitrogens with zero attached hydrogens (tertiary/aromatic N) is 4. The number of pyridine rings is 1. The molecular weight excluding hydrogens is 480 g/mol. The number of nitrogens with one attached hydrogen (secondary N) is 2. The Morgan fingerprint density at radius 1 is 1.08 bits per heavy atom. The number of likely N-dealkylation sites (N-methyl/N-ethyl adjacent to an activating group) is 1. The number of carbonyl (C=O) groups is 2. The molecule has 2 aromatic heterocycles. The number of rotatable bonds is 5. The van der Waals surface area contributed by atoms with Gasteiger partial charge in [-0.25, -0.2) is 4.98 Å². The summed E-state index contributed by atoms with van der Waals surface area (Å²) in [5, 5.41) is 21.2. The fourth-order valence-electron chi connectivity index (χ4n) is 5.25. The molecule has 38 heavy (non-hydrogen) atoms. The van der Waals surface area contributed by atoms with Crippen LogP contribution < -0.4 is 5.32 Å². The van der Waals surface area contributed by atoms with Gasteiger partial charge < -0.3 is 20.1 Å². The molecule has 2 aromatic carbocycles. The van der Waals surface area contributed by atoms with Crippen LogP contribution >= 0.6 is 0 Å². The van der Waals surface area contributed by atoms with E-state index >= 15 is 0 Å². The molecule has 0 bridgehead atoms. The summed E-state index contributed by atoms with van der Waals surface area (Å²) in [6, 6.07) is 14.4. The van der Waals surface area contributed by atoms with E-state index in [1.807, 2.05) is 47.2 Å². The fraction of sp³-hybridized carbons (Fsp3) is 0.241. The second kappa shape index (κ2) is 9.85. The molecular formula is C29H28N6O3. The third-order valence-electron chi connectivity index (χ3n) is 7.30. The fourth-order valence-corrected chi connectivity index (χ4v) is 5.25. The Morgan fingerprint density at radius 3 is 2.63 bits per heavy atom. The average Bonchev–Trinajstić information content (AvgIpc) is 3.51. The summed E-state index contributed by atoms with van der Waals surface area (Å²) in [4.78, 5) is 34.0. The molecule has 4 heterocycles. The van der Waals surface area contributed by atoms with Gasteiger partial charge in [-0.3, -0.25) is 14.8 Å². The van der Waals surface area contributed by atoms with Crippen LogP contribution in [-0.4, -0.2) is 75.5 Å². The molecule has 0 saturated carbocycles. The first kappa shape index (κ1) is 24.0. The van der Waals surface area contributed by atoms with Crippen molar-refractivity contribution in [2.24, 2.45) is 0 Å². The molecule has 0 aliphatic carbocycles. The van der Waals surface area contributed by atoms with Crippen molar-refractivity contribution in [3.8, 4) is 17.0 Å². The average molecular weight is 509 g/mol. The van der Waals surface area contributed by atoms with E-state index in [2.05, 4.69) is 21.6 Å². The second-order valence-corrected chi connectivity index (χ2v) is 9.77. The van der Waals surface area contributed by atoms with E-state index in [1.165, 1.54) is 0 Å². The van der Waals surface area contributed by atoms with Crippen LogP contribution in [0.15, 0.2) is 48.5 Å². The first-order valence-electron chi connectivity index (χ1n) is 12.7.